The molecule has 1 heterocycles. The molecule has 0 aromatic rings. The van der Waals surface area contributed by atoms with Gasteiger partial charge in [-0.1, -0.05) is 6.42 Å². The fraction of sp³-hybridized carbons (Fsp3) is 0.929. The Morgan fingerprint density at radius 1 is 1.29 bits per heavy atom. The fourth-order valence-electron chi connectivity index (χ4n) is 3.09. The molecule has 2 aliphatic rings. The summed E-state index contributed by atoms with van der Waals surface area (Å²) in [5.74, 6) is 1.04. The van der Waals surface area contributed by atoms with Crippen LogP contribution in [0.1, 0.15) is 39.5 Å². The van der Waals surface area contributed by atoms with E-state index in [1.54, 1.807) is 6.92 Å². The van der Waals surface area contributed by atoms with Crippen molar-refractivity contribution in [3.05, 3.63) is 0 Å². The molecule has 1 aliphatic heterocycles. The number of nitrogens with one attached hydrogen (secondary N) is 2. The summed E-state index contributed by atoms with van der Waals surface area (Å²) >= 11 is 0. The van der Waals surface area contributed by atoms with Gasteiger partial charge in [0.15, 0.2) is 5.96 Å². The molecule has 2 fully saturated rings. The van der Waals surface area contributed by atoms with Gasteiger partial charge in [0.2, 0.25) is 10.0 Å². The molecule has 2 N–H and O–H groups in total. The van der Waals surface area contributed by atoms with Crippen LogP contribution < -0.4 is 10.0 Å². The van der Waals surface area contributed by atoms with E-state index in [1.165, 1.54) is 25.7 Å². The summed E-state index contributed by atoms with van der Waals surface area (Å²) in [5.41, 5.74) is 0.542. The van der Waals surface area contributed by atoms with Crippen LogP contribution in [0, 0.1) is 5.41 Å². The zero-order valence-corrected chi connectivity index (χ0v) is 14.0. The SMILES string of the molecule is CCNC(=NCCNS(=O)(=O)CC)N1CCC2(CCC2)C1. The van der Waals surface area contributed by atoms with Gasteiger partial charge in [-0.2, -0.15) is 0 Å². The van der Waals surface area contributed by atoms with Crippen molar-refractivity contribution in [2.75, 3.05) is 38.5 Å². The van der Waals surface area contributed by atoms with E-state index < -0.39 is 10.0 Å². The highest BCUT2D eigenvalue weighted by Gasteiger charge is 2.43. The molecule has 0 amide bonds. The van der Waals surface area contributed by atoms with Crippen LogP contribution in [0.4, 0.5) is 0 Å². The lowest BCUT2D eigenvalue weighted by molar-refractivity contribution is 0.151. The number of sulfonamides is 1. The summed E-state index contributed by atoms with van der Waals surface area (Å²) in [6.07, 6.45) is 5.32. The van der Waals surface area contributed by atoms with Crippen molar-refractivity contribution in [3.63, 3.8) is 0 Å². The minimum atomic E-state index is -3.12. The summed E-state index contributed by atoms with van der Waals surface area (Å²) < 4.78 is 25.3. The second-order valence-corrected chi connectivity index (χ2v) is 8.15. The van der Waals surface area contributed by atoms with Gasteiger partial charge in [-0.05, 0) is 38.5 Å². The highest BCUT2D eigenvalue weighted by atomic mass is 32.2. The van der Waals surface area contributed by atoms with Crippen LogP contribution in [-0.2, 0) is 10.0 Å². The van der Waals surface area contributed by atoms with Crippen LogP contribution in [0.3, 0.4) is 0 Å². The summed E-state index contributed by atoms with van der Waals surface area (Å²) in [7, 11) is -3.12. The number of guanidine groups is 1. The summed E-state index contributed by atoms with van der Waals surface area (Å²) in [6, 6.07) is 0. The number of likely N-dealkylation sites (tertiary alicyclic amines) is 1. The molecular formula is C14H28N4O2S. The molecule has 1 aliphatic carbocycles. The minimum absolute atomic E-state index is 0.116. The first-order valence-corrected chi connectivity index (χ1v) is 9.66. The Kier molecular flexibility index (Phi) is 5.48. The van der Waals surface area contributed by atoms with E-state index in [4.69, 9.17) is 0 Å². The lowest BCUT2D eigenvalue weighted by Crippen LogP contribution is -2.43. The van der Waals surface area contributed by atoms with Crippen LogP contribution in [-0.4, -0.2) is 57.8 Å². The van der Waals surface area contributed by atoms with Crippen molar-refractivity contribution < 1.29 is 8.42 Å². The Balaban J connectivity index is 1.85. The maximum atomic E-state index is 11.4. The third-order valence-corrected chi connectivity index (χ3v) is 5.97. The Labute approximate surface area is 128 Å². The zero-order valence-electron chi connectivity index (χ0n) is 13.2. The van der Waals surface area contributed by atoms with Crippen LogP contribution >= 0.6 is 0 Å². The molecule has 0 aromatic carbocycles. The Morgan fingerprint density at radius 3 is 2.57 bits per heavy atom. The molecule has 0 aromatic heterocycles. The summed E-state index contributed by atoms with van der Waals surface area (Å²) in [5, 5.41) is 3.32. The molecular weight excluding hydrogens is 288 g/mol. The van der Waals surface area contributed by atoms with Gasteiger partial charge in [-0.3, -0.25) is 4.99 Å². The van der Waals surface area contributed by atoms with Crippen molar-refractivity contribution in [1.29, 1.82) is 0 Å². The summed E-state index contributed by atoms with van der Waals surface area (Å²) in [4.78, 5) is 6.89. The zero-order chi connectivity index (χ0) is 15.3. The van der Waals surface area contributed by atoms with Crippen molar-refractivity contribution in [3.8, 4) is 0 Å². The van der Waals surface area contributed by atoms with E-state index in [0.717, 1.165) is 25.6 Å². The highest BCUT2D eigenvalue weighted by Crippen LogP contribution is 2.47. The predicted molar refractivity (Wildman–Crippen MR) is 85.9 cm³/mol. The van der Waals surface area contributed by atoms with Gasteiger partial charge in [0.05, 0.1) is 12.3 Å². The molecule has 122 valence electrons. The van der Waals surface area contributed by atoms with Gasteiger partial charge < -0.3 is 10.2 Å². The predicted octanol–water partition coefficient (Wildman–Crippen LogP) is 0.767. The van der Waals surface area contributed by atoms with Gasteiger partial charge in [-0.15, -0.1) is 0 Å². The van der Waals surface area contributed by atoms with E-state index in [1.807, 2.05) is 0 Å². The van der Waals surface area contributed by atoms with E-state index in [-0.39, 0.29) is 5.75 Å². The van der Waals surface area contributed by atoms with Gasteiger partial charge in [-0.25, -0.2) is 13.1 Å². The molecule has 0 atom stereocenters. The van der Waals surface area contributed by atoms with Crippen molar-refractivity contribution in [2.45, 2.75) is 39.5 Å². The van der Waals surface area contributed by atoms with E-state index in [2.05, 4.69) is 26.9 Å². The molecule has 0 bridgehead atoms. The Morgan fingerprint density at radius 2 is 2.05 bits per heavy atom. The normalized spacial score (nSPS) is 21.6. The van der Waals surface area contributed by atoms with Crippen LogP contribution in [0.25, 0.3) is 0 Å². The van der Waals surface area contributed by atoms with Gasteiger partial charge in [0, 0.05) is 26.2 Å². The largest absolute Gasteiger partial charge is 0.357 e. The first-order chi connectivity index (χ1) is 10.0. The number of hydrogen-bond donors (Lipinski definition) is 2. The smallest absolute Gasteiger partial charge is 0.211 e. The number of aliphatic imine (C=N–C) groups is 1. The molecule has 2 rings (SSSR count). The standard InChI is InChI=1S/C14H28N4O2S/c1-3-15-13(16-9-10-17-21(19,20)4-2)18-11-8-14(12-18)6-5-7-14/h17H,3-12H2,1-2H3,(H,15,16). The molecule has 0 radical (unpaired) electrons. The molecule has 0 unspecified atom stereocenters. The average molecular weight is 316 g/mol. The van der Waals surface area contributed by atoms with Gasteiger partial charge in [0.1, 0.15) is 0 Å². The highest BCUT2D eigenvalue weighted by molar-refractivity contribution is 7.89. The van der Waals surface area contributed by atoms with E-state index in [9.17, 15) is 8.42 Å². The van der Waals surface area contributed by atoms with Crippen LogP contribution in [0.15, 0.2) is 4.99 Å². The molecule has 6 nitrogen and oxygen atoms in total. The van der Waals surface area contributed by atoms with E-state index in [0.29, 0.717) is 18.5 Å². The Bertz CT molecular complexity index is 471. The maximum Gasteiger partial charge on any atom is 0.211 e. The average Bonchev–Trinajstić information content (AvgIpc) is 2.88. The fourth-order valence-corrected chi connectivity index (χ4v) is 3.70. The van der Waals surface area contributed by atoms with Crippen molar-refractivity contribution in [1.82, 2.24) is 14.9 Å². The second-order valence-electron chi connectivity index (χ2n) is 6.06. The van der Waals surface area contributed by atoms with Crippen molar-refractivity contribution >= 4 is 16.0 Å². The molecule has 7 heteroatoms. The van der Waals surface area contributed by atoms with Gasteiger partial charge in [0.25, 0.3) is 0 Å². The number of rotatable bonds is 6. The maximum absolute atomic E-state index is 11.4. The quantitative estimate of drug-likeness (QED) is 0.431. The molecule has 21 heavy (non-hydrogen) atoms. The first kappa shape index (κ1) is 16.5. The van der Waals surface area contributed by atoms with Crippen molar-refractivity contribution in [2.24, 2.45) is 10.4 Å². The third-order valence-electron chi connectivity index (χ3n) is 4.56. The topological polar surface area (TPSA) is 73.8 Å². The van der Waals surface area contributed by atoms with E-state index >= 15 is 0 Å². The molecule has 1 saturated carbocycles. The number of nitrogens with zero attached hydrogens (tertiary/aromatic N) is 2. The van der Waals surface area contributed by atoms with Crippen LogP contribution in [0.5, 0.6) is 0 Å². The molecule has 1 saturated heterocycles. The van der Waals surface area contributed by atoms with Crippen LogP contribution in [0.2, 0.25) is 0 Å². The lowest BCUT2D eigenvalue weighted by Gasteiger charge is -2.38. The van der Waals surface area contributed by atoms with Gasteiger partial charge >= 0.3 is 0 Å². The third kappa shape index (κ3) is 4.32. The second kappa shape index (κ2) is 6.96. The summed E-state index contributed by atoms with van der Waals surface area (Å²) in [6.45, 7) is 7.53. The minimum Gasteiger partial charge on any atom is -0.357 e. The number of hydrogen-bond acceptors (Lipinski definition) is 3. The first-order valence-electron chi connectivity index (χ1n) is 8.01. The monoisotopic (exact) mass is 316 g/mol. The molecule has 1 spiro atoms. The lowest BCUT2D eigenvalue weighted by atomic mass is 9.68. The Hall–Kier alpha value is -0.820.